The van der Waals surface area contributed by atoms with E-state index in [0.29, 0.717) is 17.1 Å². The minimum Gasteiger partial charge on any atom is -0.497 e. The summed E-state index contributed by atoms with van der Waals surface area (Å²) in [6.45, 7) is 1.96. The molecule has 3 aromatic rings. The van der Waals surface area contributed by atoms with Crippen molar-refractivity contribution in [3.8, 4) is 5.75 Å². The van der Waals surface area contributed by atoms with E-state index in [1.54, 1.807) is 11.5 Å². The fraction of sp³-hybridized carbons (Fsp3) is 0.348. The van der Waals surface area contributed by atoms with Crippen LogP contribution >= 0.6 is 0 Å². The Morgan fingerprint density at radius 2 is 2.00 bits per heavy atom. The van der Waals surface area contributed by atoms with Gasteiger partial charge in [0.05, 0.1) is 13.5 Å². The number of benzene rings is 1. The molecule has 1 aliphatic rings. The number of rotatable bonds is 6. The van der Waals surface area contributed by atoms with Crippen molar-refractivity contribution in [2.24, 2.45) is 0 Å². The van der Waals surface area contributed by atoms with Crippen LogP contribution in [-0.2, 0) is 11.2 Å². The van der Waals surface area contributed by atoms with E-state index in [-0.39, 0.29) is 30.1 Å². The van der Waals surface area contributed by atoms with Crippen LogP contribution in [0.1, 0.15) is 47.3 Å². The zero-order valence-corrected chi connectivity index (χ0v) is 17.3. The Bertz CT molecular complexity index is 1080. The molecule has 7 nitrogen and oxygen atoms in total. The van der Waals surface area contributed by atoms with Crippen molar-refractivity contribution in [1.82, 2.24) is 14.7 Å². The predicted octanol–water partition coefficient (Wildman–Crippen LogP) is 3.50. The molecule has 7 heteroatoms. The molecule has 0 aliphatic heterocycles. The van der Waals surface area contributed by atoms with Crippen molar-refractivity contribution in [3.05, 3.63) is 59.4 Å². The molecule has 2 heterocycles. The van der Waals surface area contributed by atoms with Gasteiger partial charge in [0.15, 0.2) is 11.5 Å². The van der Waals surface area contributed by atoms with Crippen LogP contribution in [-0.4, -0.2) is 34.4 Å². The molecule has 30 heavy (non-hydrogen) atoms. The number of fused-ring (bicyclic) bond motifs is 1. The molecule has 1 aromatic carbocycles. The van der Waals surface area contributed by atoms with Crippen molar-refractivity contribution in [2.45, 2.75) is 45.1 Å². The quantitative estimate of drug-likeness (QED) is 0.656. The van der Waals surface area contributed by atoms with Gasteiger partial charge in [0.2, 0.25) is 5.91 Å². The second-order valence-electron chi connectivity index (χ2n) is 7.77. The van der Waals surface area contributed by atoms with E-state index in [1.807, 2.05) is 49.5 Å². The van der Waals surface area contributed by atoms with Gasteiger partial charge in [-0.05, 0) is 49.1 Å². The van der Waals surface area contributed by atoms with E-state index in [4.69, 9.17) is 4.74 Å². The van der Waals surface area contributed by atoms with Crippen molar-refractivity contribution < 1.29 is 14.3 Å². The van der Waals surface area contributed by atoms with Gasteiger partial charge in [-0.25, -0.2) is 4.98 Å². The summed E-state index contributed by atoms with van der Waals surface area (Å²) in [4.78, 5) is 30.3. The first-order chi connectivity index (χ1) is 14.5. The molecule has 0 atom stereocenters. The Morgan fingerprint density at radius 3 is 2.77 bits per heavy atom. The third-order valence-corrected chi connectivity index (χ3v) is 5.43. The van der Waals surface area contributed by atoms with E-state index in [9.17, 15) is 9.59 Å². The summed E-state index contributed by atoms with van der Waals surface area (Å²) >= 11 is 0. The van der Waals surface area contributed by atoms with Gasteiger partial charge < -0.3 is 15.4 Å². The number of aromatic nitrogens is 2. The van der Waals surface area contributed by atoms with Crippen molar-refractivity contribution in [2.75, 3.05) is 12.4 Å². The van der Waals surface area contributed by atoms with Gasteiger partial charge in [-0.2, -0.15) is 0 Å². The standard InChI is InChI=1S/C23H26N4O3/c1-15-10-11-19-25-22(26-20(28)13-16-6-5-9-18(12-16)30-2)21(27(19)14-15)23(29)24-17-7-3-4-8-17/h5-6,9-12,14,17H,3-4,7-8,13H2,1-2H3,(H,24,29)(H,26,28). The number of imidazole rings is 1. The lowest BCUT2D eigenvalue weighted by Crippen LogP contribution is -2.34. The monoisotopic (exact) mass is 406 g/mol. The maximum atomic E-state index is 13.1. The molecule has 2 N–H and O–H groups in total. The first kappa shape index (κ1) is 19.9. The molecule has 1 aliphatic carbocycles. The number of amides is 2. The Morgan fingerprint density at radius 1 is 1.20 bits per heavy atom. The summed E-state index contributed by atoms with van der Waals surface area (Å²) in [5, 5.41) is 5.94. The highest BCUT2D eigenvalue weighted by molar-refractivity contribution is 6.03. The van der Waals surface area contributed by atoms with Crippen molar-refractivity contribution >= 4 is 23.3 Å². The third kappa shape index (κ3) is 4.30. The lowest BCUT2D eigenvalue weighted by molar-refractivity contribution is -0.115. The predicted molar refractivity (Wildman–Crippen MR) is 115 cm³/mol. The Hall–Kier alpha value is -3.35. The van der Waals surface area contributed by atoms with Crippen LogP contribution in [0.25, 0.3) is 5.65 Å². The van der Waals surface area contributed by atoms with Gasteiger partial charge in [0, 0.05) is 12.2 Å². The Labute approximate surface area is 175 Å². The summed E-state index contributed by atoms with van der Waals surface area (Å²) in [5.74, 6) is 0.527. The number of nitrogens with one attached hydrogen (secondary N) is 2. The molecule has 0 saturated heterocycles. The van der Waals surface area contributed by atoms with E-state index in [2.05, 4.69) is 15.6 Å². The Balaban J connectivity index is 1.60. The first-order valence-electron chi connectivity index (χ1n) is 10.3. The second-order valence-corrected chi connectivity index (χ2v) is 7.77. The number of aryl methyl sites for hydroxylation is 1. The van der Waals surface area contributed by atoms with Crippen LogP contribution in [0.3, 0.4) is 0 Å². The zero-order valence-electron chi connectivity index (χ0n) is 17.3. The minimum atomic E-state index is -0.238. The third-order valence-electron chi connectivity index (χ3n) is 5.43. The summed E-state index contributed by atoms with van der Waals surface area (Å²) in [6.07, 6.45) is 6.25. The molecule has 2 amide bonds. The molecule has 0 radical (unpaired) electrons. The van der Waals surface area contributed by atoms with Crippen LogP contribution in [0, 0.1) is 6.92 Å². The smallest absolute Gasteiger partial charge is 0.272 e. The number of methoxy groups -OCH3 is 1. The normalized spacial score (nSPS) is 14.1. The molecule has 156 valence electrons. The number of pyridine rings is 1. The minimum absolute atomic E-state index is 0.160. The molecule has 1 fully saturated rings. The average Bonchev–Trinajstić information content (AvgIpc) is 3.35. The molecule has 1 saturated carbocycles. The van der Waals surface area contributed by atoms with Crippen molar-refractivity contribution in [1.29, 1.82) is 0 Å². The van der Waals surface area contributed by atoms with E-state index in [1.165, 1.54) is 0 Å². The number of carbonyl (C=O) groups excluding carboxylic acids is 2. The average molecular weight is 406 g/mol. The van der Waals surface area contributed by atoms with Gasteiger partial charge in [-0.3, -0.25) is 14.0 Å². The van der Waals surface area contributed by atoms with Gasteiger partial charge in [-0.15, -0.1) is 0 Å². The fourth-order valence-corrected chi connectivity index (χ4v) is 3.92. The number of ether oxygens (including phenoxy) is 1. The summed E-state index contributed by atoms with van der Waals surface area (Å²) < 4.78 is 6.97. The summed E-state index contributed by atoms with van der Waals surface area (Å²) in [7, 11) is 1.59. The van der Waals surface area contributed by atoms with Gasteiger partial charge in [-0.1, -0.05) is 31.0 Å². The van der Waals surface area contributed by atoms with E-state index < -0.39 is 0 Å². The van der Waals surface area contributed by atoms with Crippen LogP contribution in [0.4, 0.5) is 5.82 Å². The largest absolute Gasteiger partial charge is 0.497 e. The first-order valence-corrected chi connectivity index (χ1v) is 10.3. The highest BCUT2D eigenvalue weighted by Crippen LogP contribution is 2.22. The SMILES string of the molecule is COc1cccc(CC(=O)Nc2nc3ccc(C)cn3c2C(=O)NC2CCCC2)c1. The number of nitrogens with zero attached hydrogens (tertiary/aromatic N) is 2. The molecule has 0 bridgehead atoms. The lowest BCUT2D eigenvalue weighted by Gasteiger charge is -2.13. The van der Waals surface area contributed by atoms with Gasteiger partial charge >= 0.3 is 0 Å². The molecule has 4 rings (SSSR count). The van der Waals surface area contributed by atoms with Crippen LogP contribution < -0.4 is 15.4 Å². The second kappa shape index (κ2) is 8.57. The maximum absolute atomic E-state index is 13.1. The number of hydrogen-bond donors (Lipinski definition) is 2. The van der Waals surface area contributed by atoms with E-state index >= 15 is 0 Å². The maximum Gasteiger partial charge on any atom is 0.272 e. The summed E-state index contributed by atoms with van der Waals surface area (Å²) in [6, 6.07) is 11.3. The lowest BCUT2D eigenvalue weighted by atomic mass is 10.1. The highest BCUT2D eigenvalue weighted by atomic mass is 16.5. The molecular formula is C23H26N4O3. The summed E-state index contributed by atoms with van der Waals surface area (Å²) in [5.41, 5.74) is 2.81. The van der Waals surface area contributed by atoms with Crippen LogP contribution in [0.15, 0.2) is 42.6 Å². The number of hydrogen-bond acceptors (Lipinski definition) is 4. The molecule has 2 aromatic heterocycles. The molecule has 0 unspecified atom stereocenters. The van der Waals surface area contributed by atoms with Crippen LogP contribution in [0.2, 0.25) is 0 Å². The number of carbonyl (C=O) groups is 2. The number of anilines is 1. The zero-order chi connectivity index (χ0) is 21.1. The van der Waals surface area contributed by atoms with E-state index in [0.717, 1.165) is 36.8 Å². The van der Waals surface area contributed by atoms with Crippen LogP contribution in [0.5, 0.6) is 5.75 Å². The highest BCUT2D eigenvalue weighted by Gasteiger charge is 2.25. The Kier molecular flexibility index (Phi) is 5.70. The topological polar surface area (TPSA) is 84.7 Å². The van der Waals surface area contributed by atoms with Gasteiger partial charge in [0.1, 0.15) is 11.4 Å². The molecule has 0 spiro atoms. The van der Waals surface area contributed by atoms with Gasteiger partial charge in [0.25, 0.3) is 5.91 Å². The fourth-order valence-electron chi connectivity index (χ4n) is 3.92. The van der Waals surface area contributed by atoms with Crippen molar-refractivity contribution in [3.63, 3.8) is 0 Å². The molecular weight excluding hydrogens is 380 g/mol.